The van der Waals surface area contributed by atoms with Crippen LogP contribution >= 0.6 is 34.7 Å². The lowest BCUT2D eigenvalue weighted by Gasteiger charge is -2.15. The van der Waals surface area contributed by atoms with E-state index >= 15 is 0 Å². The molecule has 27 heavy (non-hydrogen) atoms. The van der Waals surface area contributed by atoms with Crippen molar-refractivity contribution in [3.8, 4) is 0 Å². The molecule has 0 amide bonds. The van der Waals surface area contributed by atoms with E-state index in [1.165, 1.54) is 23.9 Å². The quantitative estimate of drug-likeness (QED) is 0.518. The van der Waals surface area contributed by atoms with Gasteiger partial charge in [0.1, 0.15) is 11.5 Å². The van der Waals surface area contributed by atoms with Crippen LogP contribution in [0.3, 0.4) is 0 Å². The van der Waals surface area contributed by atoms with E-state index in [9.17, 15) is 14.0 Å². The Bertz CT molecular complexity index is 967. The zero-order valence-corrected chi connectivity index (χ0v) is 17.1. The molecule has 1 aromatic heterocycles. The van der Waals surface area contributed by atoms with Crippen molar-refractivity contribution in [1.82, 2.24) is 9.36 Å². The van der Waals surface area contributed by atoms with E-state index in [1.807, 2.05) is 6.92 Å². The van der Waals surface area contributed by atoms with Crippen LogP contribution in [0.2, 0.25) is 5.02 Å². The van der Waals surface area contributed by atoms with Crippen molar-refractivity contribution in [1.29, 1.82) is 0 Å². The average Bonchev–Trinajstić information content (AvgIpc) is 2.97. The molecule has 0 unspecified atom stereocenters. The Morgan fingerprint density at radius 1 is 1.37 bits per heavy atom. The number of esters is 1. The average molecular weight is 432 g/mol. The van der Waals surface area contributed by atoms with Crippen molar-refractivity contribution >= 4 is 46.4 Å². The number of aromatic nitrogens is 2. The van der Waals surface area contributed by atoms with E-state index in [0.717, 1.165) is 30.6 Å². The Morgan fingerprint density at radius 2 is 2.11 bits per heavy atom. The number of hydrogen-bond acceptors (Lipinski definition) is 6. The van der Waals surface area contributed by atoms with Gasteiger partial charge in [0.2, 0.25) is 4.80 Å². The highest BCUT2D eigenvalue weighted by atomic mass is 35.5. The largest absolute Gasteiger partial charge is 0.465 e. The second-order valence-corrected chi connectivity index (χ2v) is 8.30. The molecule has 1 aliphatic rings. The van der Waals surface area contributed by atoms with Gasteiger partial charge in [-0.1, -0.05) is 18.5 Å². The van der Waals surface area contributed by atoms with Crippen molar-refractivity contribution in [2.75, 3.05) is 12.4 Å². The fourth-order valence-electron chi connectivity index (χ4n) is 2.63. The van der Waals surface area contributed by atoms with Gasteiger partial charge in [-0.15, -0.1) is 11.8 Å². The molecule has 0 atom stereocenters. The molecule has 0 saturated carbocycles. The molecule has 0 radical (unpaired) electrons. The molecule has 0 aliphatic carbocycles. The number of benzene rings is 1. The smallest absolute Gasteiger partial charge is 0.325 e. The van der Waals surface area contributed by atoms with Crippen molar-refractivity contribution in [2.24, 2.45) is 4.99 Å². The number of halogens is 2. The molecule has 1 aromatic carbocycles. The first-order valence-corrected chi connectivity index (χ1v) is 10.8. The van der Waals surface area contributed by atoms with Gasteiger partial charge in [0.25, 0.3) is 0 Å². The van der Waals surface area contributed by atoms with Gasteiger partial charge in [0, 0.05) is 18.0 Å². The zero-order chi connectivity index (χ0) is 19.4. The summed E-state index contributed by atoms with van der Waals surface area (Å²) in [5.41, 5.74) is 0.0894. The standard InChI is InChI=1S/C17H19ClFN3O3S2/c1-2-7-25-15(23)10-26-14-9-13(12(19)8-11(14)18)20-16-21-5-3-4-6-22(21)17(24)27-16/h8-9H,2-7,10H2,1H3. The monoisotopic (exact) mass is 431 g/mol. The SMILES string of the molecule is CCCOC(=O)CSc1cc(N=c2sc(=O)n3n2CCCC3)c(F)cc1Cl. The Morgan fingerprint density at radius 3 is 2.85 bits per heavy atom. The Labute approximate surface area is 168 Å². The minimum Gasteiger partial charge on any atom is -0.465 e. The molecule has 3 rings (SSSR count). The molecular weight excluding hydrogens is 413 g/mol. The topological polar surface area (TPSA) is 65.6 Å². The van der Waals surface area contributed by atoms with Gasteiger partial charge < -0.3 is 4.74 Å². The Hall–Kier alpha value is -1.58. The number of fused-ring (bicyclic) bond motifs is 1. The number of thioether (sulfide) groups is 1. The molecular formula is C17H19ClFN3O3S2. The molecule has 2 aromatic rings. The lowest BCUT2D eigenvalue weighted by Crippen LogP contribution is -2.31. The van der Waals surface area contributed by atoms with Crippen molar-refractivity contribution < 1.29 is 13.9 Å². The van der Waals surface area contributed by atoms with Crippen LogP contribution in [0, 0.1) is 5.82 Å². The fraction of sp³-hybridized carbons (Fsp3) is 0.471. The van der Waals surface area contributed by atoms with Crippen molar-refractivity contribution in [3.05, 3.63) is 37.4 Å². The first-order valence-electron chi connectivity index (χ1n) is 8.62. The van der Waals surface area contributed by atoms with E-state index in [4.69, 9.17) is 16.3 Å². The highest BCUT2D eigenvalue weighted by Gasteiger charge is 2.15. The fourth-order valence-corrected chi connectivity index (χ4v) is 4.58. The van der Waals surface area contributed by atoms with Crippen LogP contribution in [0.25, 0.3) is 0 Å². The molecule has 0 bridgehead atoms. The normalized spacial score (nSPS) is 14.3. The van der Waals surface area contributed by atoms with Gasteiger partial charge in [0.05, 0.1) is 17.4 Å². The summed E-state index contributed by atoms with van der Waals surface area (Å²) in [4.78, 5) is 29.0. The summed E-state index contributed by atoms with van der Waals surface area (Å²) in [7, 11) is 0. The predicted molar refractivity (Wildman–Crippen MR) is 104 cm³/mol. The molecule has 0 N–H and O–H groups in total. The summed E-state index contributed by atoms with van der Waals surface area (Å²) in [5, 5.41) is 0.208. The Balaban J connectivity index is 1.89. The summed E-state index contributed by atoms with van der Waals surface area (Å²) in [6.07, 6.45) is 2.65. The molecule has 146 valence electrons. The maximum Gasteiger partial charge on any atom is 0.325 e. The second kappa shape index (κ2) is 9.07. The van der Waals surface area contributed by atoms with Crippen LogP contribution in [-0.2, 0) is 22.6 Å². The third-order valence-electron chi connectivity index (χ3n) is 3.92. The zero-order valence-electron chi connectivity index (χ0n) is 14.7. The van der Waals surface area contributed by atoms with E-state index < -0.39 is 5.82 Å². The maximum atomic E-state index is 14.4. The van der Waals surface area contributed by atoms with Crippen LogP contribution in [0.15, 0.2) is 26.8 Å². The summed E-state index contributed by atoms with van der Waals surface area (Å²) >= 11 is 8.26. The lowest BCUT2D eigenvalue weighted by atomic mass is 10.3. The number of carbonyl (C=O) groups excluding carboxylic acids is 1. The van der Waals surface area contributed by atoms with Gasteiger partial charge in [-0.2, -0.15) is 0 Å². The van der Waals surface area contributed by atoms with Crippen molar-refractivity contribution in [2.45, 2.75) is 44.2 Å². The van der Waals surface area contributed by atoms with Gasteiger partial charge in [-0.05, 0) is 42.7 Å². The lowest BCUT2D eigenvalue weighted by molar-refractivity contribution is -0.140. The van der Waals surface area contributed by atoms with E-state index in [2.05, 4.69) is 4.99 Å². The van der Waals surface area contributed by atoms with E-state index in [0.29, 0.717) is 29.4 Å². The van der Waals surface area contributed by atoms with Crippen LogP contribution in [0.5, 0.6) is 0 Å². The van der Waals surface area contributed by atoms with E-state index in [1.54, 1.807) is 9.36 Å². The minimum atomic E-state index is -0.575. The highest BCUT2D eigenvalue weighted by molar-refractivity contribution is 8.00. The van der Waals surface area contributed by atoms with Gasteiger partial charge in [-0.3, -0.25) is 14.3 Å². The van der Waals surface area contributed by atoms with Crippen LogP contribution in [0.4, 0.5) is 10.1 Å². The Kier molecular flexibility index (Phi) is 6.78. The van der Waals surface area contributed by atoms with Gasteiger partial charge in [-0.25, -0.2) is 14.1 Å². The molecule has 1 aliphatic heterocycles. The third-order valence-corrected chi connectivity index (χ3v) is 6.25. The number of nitrogens with zero attached hydrogens (tertiary/aromatic N) is 3. The summed E-state index contributed by atoms with van der Waals surface area (Å²) in [6.45, 7) is 3.61. The number of ether oxygens (including phenoxy) is 1. The summed E-state index contributed by atoms with van der Waals surface area (Å²) in [5.74, 6) is -0.848. The van der Waals surface area contributed by atoms with Crippen LogP contribution in [-0.4, -0.2) is 27.7 Å². The van der Waals surface area contributed by atoms with E-state index in [-0.39, 0.29) is 27.3 Å². The second-order valence-electron chi connectivity index (χ2n) is 5.96. The van der Waals surface area contributed by atoms with Crippen LogP contribution in [0.1, 0.15) is 26.2 Å². The predicted octanol–water partition coefficient (Wildman–Crippen LogP) is 3.58. The van der Waals surface area contributed by atoms with Gasteiger partial charge in [0.15, 0.2) is 0 Å². The molecule has 0 spiro atoms. The third kappa shape index (κ3) is 4.83. The number of hydrogen-bond donors (Lipinski definition) is 0. The number of rotatable bonds is 6. The minimum absolute atomic E-state index is 0.0779. The molecule has 0 saturated heterocycles. The van der Waals surface area contributed by atoms with Crippen LogP contribution < -0.4 is 9.67 Å². The molecule has 6 nitrogen and oxygen atoms in total. The molecule has 2 heterocycles. The number of carbonyl (C=O) groups is 1. The summed E-state index contributed by atoms with van der Waals surface area (Å²) in [6, 6.07) is 2.68. The summed E-state index contributed by atoms with van der Waals surface area (Å²) < 4.78 is 22.8. The molecule has 0 fully saturated rings. The first-order chi connectivity index (χ1) is 13.0. The van der Waals surface area contributed by atoms with Gasteiger partial charge >= 0.3 is 10.8 Å². The maximum absolute atomic E-state index is 14.4. The highest BCUT2D eigenvalue weighted by Crippen LogP contribution is 2.33. The first kappa shape index (κ1) is 20.2. The van der Waals surface area contributed by atoms with Crippen molar-refractivity contribution in [3.63, 3.8) is 0 Å². The molecule has 10 heteroatoms.